The Bertz CT molecular complexity index is 1010. The second-order valence-electron chi connectivity index (χ2n) is 6.75. The van der Waals surface area contributed by atoms with E-state index in [9.17, 15) is 18.0 Å². The van der Waals surface area contributed by atoms with E-state index in [0.29, 0.717) is 31.6 Å². The van der Waals surface area contributed by atoms with Crippen LogP contribution in [0.4, 0.5) is 13.2 Å². The van der Waals surface area contributed by atoms with Gasteiger partial charge >= 0.3 is 6.18 Å². The zero-order chi connectivity index (χ0) is 19.7. The Kier molecular flexibility index (Phi) is 4.70. The number of pyridine rings is 3. The van der Waals surface area contributed by atoms with Crippen LogP contribution in [0.5, 0.6) is 0 Å². The molecule has 3 aromatic rings. The van der Waals surface area contributed by atoms with E-state index in [1.165, 1.54) is 17.0 Å². The van der Waals surface area contributed by atoms with Gasteiger partial charge in [-0.3, -0.25) is 9.78 Å². The third kappa shape index (κ3) is 3.54. The molecule has 4 heterocycles. The summed E-state index contributed by atoms with van der Waals surface area (Å²) in [4.78, 5) is 26.3. The predicted octanol–water partition coefficient (Wildman–Crippen LogP) is 4.06. The molecule has 0 saturated carbocycles. The minimum absolute atomic E-state index is 0.145. The molecule has 1 aliphatic rings. The van der Waals surface area contributed by atoms with E-state index in [-0.39, 0.29) is 5.92 Å². The van der Waals surface area contributed by atoms with Crippen LogP contribution in [0.2, 0.25) is 0 Å². The van der Waals surface area contributed by atoms with E-state index < -0.39 is 23.3 Å². The summed E-state index contributed by atoms with van der Waals surface area (Å²) in [7, 11) is 0. The lowest BCUT2D eigenvalue weighted by molar-refractivity contribution is -0.141. The Morgan fingerprint density at radius 3 is 2.46 bits per heavy atom. The van der Waals surface area contributed by atoms with Crippen molar-refractivity contribution in [3.63, 3.8) is 0 Å². The van der Waals surface area contributed by atoms with Crippen molar-refractivity contribution in [3.05, 3.63) is 65.7 Å². The number of halogens is 3. The van der Waals surface area contributed by atoms with Gasteiger partial charge in [0.15, 0.2) is 11.3 Å². The Morgan fingerprint density at radius 2 is 1.71 bits per heavy atom. The third-order valence-corrected chi connectivity index (χ3v) is 4.99. The largest absolute Gasteiger partial charge is 0.434 e. The SMILES string of the molecule is O=C(c1cccnc1C(F)(F)F)N1CCC(c2ccc3cccnc3n2)CC1. The van der Waals surface area contributed by atoms with E-state index in [1.807, 2.05) is 24.3 Å². The highest BCUT2D eigenvalue weighted by atomic mass is 19.4. The summed E-state index contributed by atoms with van der Waals surface area (Å²) < 4.78 is 39.4. The highest BCUT2D eigenvalue weighted by Gasteiger charge is 2.38. The molecule has 0 bridgehead atoms. The summed E-state index contributed by atoms with van der Waals surface area (Å²) in [5.74, 6) is -0.488. The van der Waals surface area contributed by atoms with Gasteiger partial charge in [-0.25, -0.2) is 9.97 Å². The van der Waals surface area contributed by atoms with Crippen molar-refractivity contribution in [2.75, 3.05) is 13.1 Å². The standard InChI is InChI=1S/C20H17F3N4O/c21-20(22,23)17-15(4-2-9-24-17)19(28)27-11-7-13(8-12-27)16-6-5-14-3-1-10-25-18(14)26-16/h1-6,9-10,13H,7-8,11-12H2. The number of amides is 1. The number of piperidine rings is 1. The van der Waals surface area contributed by atoms with Crippen LogP contribution < -0.4 is 0 Å². The summed E-state index contributed by atoms with van der Waals surface area (Å²) in [5.41, 5.74) is 0.0326. The molecule has 0 atom stereocenters. The van der Waals surface area contributed by atoms with Crippen LogP contribution in [0.25, 0.3) is 11.0 Å². The fourth-order valence-electron chi connectivity index (χ4n) is 3.55. The van der Waals surface area contributed by atoms with Crippen LogP contribution in [-0.4, -0.2) is 38.8 Å². The number of fused-ring (bicyclic) bond motifs is 1. The Morgan fingerprint density at radius 1 is 1.00 bits per heavy atom. The molecule has 0 N–H and O–H groups in total. The lowest BCUT2D eigenvalue weighted by Crippen LogP contribution is -2.39. The zero-order valence-corrected chi connectivity index (χ0v) is 14.9. The third-order valence-electron chi connectivity index (χ3n) is 4.99. The Labute approximate surface area is 159 Å². The fourth-order valence-corrected chi connectivity index (χ4v) is 3.55. The molecule has 8 heteroatoms. The minimum atomic E-state index is -4.66. The first kappa shape index (κ1) is 18.3. The molecule has 1 aliphatic heterocycles. The highest BCUT2D eigenvalue weighted by Crippen LogP contribution is 2.32. The lowest BCUT2D eigenvalue weighted by Gasteiger charge is -2.32. The maximum Gasteiger partial charge on any atom is 0.434 e. The molecule has 144 valence electrons. The van der Waals surface area contributed by atoms with Gasteiger partial charge in [0, 0.05) is 42.5 Å². The van der Waals surface area contributed by atoms with Crippen LogP contribution >= 0.6 is 0 Å². The zero-order valence-electron chi connectivity index (χ0n) is 14.9. The molecule has 1 amide bonds. The predicted molar refractivity (Wildman–Crippen MR) is 96.7 cm³/mol. The molecular weight excluding hydrogens is 369 g/mol. The van der Waals surface area contributed by atoms with E-state index in [1.54, 1.807) is 6.20 Å². The monoisotopic (exact) mass is 386 g/mol. The van der Waals surface area contributed by atoms with Gasteiger partial charge in [-0.2, -0.15) is 13.2 Å². The number of likely N-dealkylation sites (tertiary alicyclic amines) is 1. The maximum absolute atomic E-state index is 13.1. The molecule has 0 aliphatic carbocycles. The molecule has 5 nitrogen and oxygen atoms in total. The summed E-state index contributed by atoms with van der Waals surface area (Å²) >= 11 is 0. The number of rotatable bonds is 2. The molecular formula is C20H17F3N4O. The second-order valence-corrected chi connectivity index (χ2v) is 6.75. The van der Waals surface area contributed by atoms with Crippen LogP contribution in [0.1, 0.15) is 40.5 Å². The lowest BCUT2D eigenvalue weighted by atomic mass is 9.92. The van der Waals surface area contributed by atoms with Gasteiger partial charge in [0.25, 0.3) is 5.91 Å². The minimum Gasteiger partial charge on any atom is -0.339 e. The average Bonchev–Trinajstić information content (AvgIpc) is 2.72. The molecule has 1 saturated heterocycles. The van der Waals surface area contributed by atoms with Gasteiger partial charge in [0.05, 0.1) is 5.56 Å². The van der Waals surface area contributed by atoms with Crippen LogP contribution in [-0.2, 0) is 6.18 Å². The number of hydrogen-bond donors (Lipinski definition) is 0. The van der Waals surface area contributed by atoms with Crippen molar-refractivity contribution in [3.8, 4) is 0 Å². The van der Waals surface area contributed by atoms with E-state index >= 15 is 0 Å². The molecule has 0 spiro atoms. The van der Waals surface area contributed by atoms with E-state index in [0.717, 1.165) is 17.3 Å². The number of aromatic nitrogens is 3. The molecule has 3 aromatic heterocycles. The molecule has 28 heavy (non-hydrogen) atoms. The smallest absolute Gasteiger partial charge is 0.339 e. The topological polar surface area (TPSA) is 59.0 Å². The number of alkyl halides is 3. The summed E-state index contributed by atoms with van der Waals surface area (Å²) in [5, 5.41) is 0.954. The van der Waals surface area contributed by atoms with Gasteiger partial charge in [-0.05, 0) is 49.2 Å². The number of carbonyl (C=O) groups excluding carboxylic acids is 1. The van der Waals surface area contributed by atoms with Gasteiger partial charge in [0.1, 0.15) is 0 Å². The maximum atomic E-state index is 13.1. The van der Waals surface area contributed by atoms with E-state index in [2.05, 4.69) is 15.0 Å². The quantitative estimate of drug-likeness (QED) is 0.666. The van der Waals surface area contributed by atoms with Gasteiger partial charge in [-0.15, -0.1) is 0 Å². The highest BCUT2D eigenvalue weighted by molar-refractivity contribution is 5.95. The van der Waals surface area contributed by atoms with Crippen LogP contribution in [0, 0.1) is 0 Å². The Hall–Kier alpha value is -3.03. The first-order valence-corrected chi connectivity index (χ1v) is 8.96. The number of nitrogens with zero attached hydrogens (tertiary/aromatic N) is 4. The van der Waals surface area contributed by atoms with Gasteiger partial charge in [-0.1, -0.05) is 0 Å². The number of carbonyl (C=O) groups is 1. The number of hydrogen-bond acceptors (Lipinski definition) is 4. The van der Waals surface area contributed by atoms with Crippen molar-refractivity contribution < 1.29 is 18.0 Å². The molecule has 0 radical (unpaired) electrons. The van der Waals surface area contributed by atoms with E-state index in [4.69, 9.17) is 0 Å². The normalized spacial score (nSPS) is 15.8. The summed E-state index contributed by atoms with van der Waals surface area (Å²) in [6, 6.07) is 10.2. The average molecular weight is 386 g/mol. The van der Waals surface area contributed by atoms with Gasteiger partial charge in [0.2, 0.25) is 0 Å². The molecule has 4 rings (SSSR count). The summed E-state index contributed by atoms with van der Waals surface area (Å²) in [6.45, 7) is 0.745. The van der Waals surface area contributed by atoms with Crippen molar-refractivity contribution in [1.29, 1.82) is 0 Å². The van der Waals surface area contributed by atoms with Crippen LogP contribution in [0.15, 0.2) is 48.8 Å². The van der Waals surface area contributed by atoms with Crippen LogP contribution in [0.3, 0.4) is 0 Å². The fraction of sp³-hybridized carbons (Fsp3) is 0.300. The first-order valence-electron chi connectivity index (χ1n) is 8.96. The molecule has 0 unspecified atom stereocenters. The Balaban J connectivity index is 1.49. The molecule has 0 aromatic carbocycles. The van der Waals surface area contributed by atoms with Crippen molar-refractivity contribution in [2.24, 2.45) is 0 Å². The molecule has 1 fully saturated rings. The van der Waals surface area contributed by atoms with Crippen molar-refractivity contribution >= 4 is 16.9 Å². The van der Waals surface area contributed by atoms with Crippen molar-refractivity contribution in [1.82, 2.24) is 19.9 Å². The first-order chi connectivity index (χ1) is 13.4. The second kappa shape index (κ2) is 7.18. The van der Waals surface area contributed by atoms with Gasteiger partial charge < -0.3 is 4.90 Å². The summed E-state index contributed by atoms with van der Waals surface area (Å²) in [6.07, 6.45) is -0.651. The van der Waals surface area contributed by atoms with Crippen molar-refractivity contribution in [2.45, 2.75) is 24.9 Å².